The van der Waals surface area contributed by atoms with Gasteiger partial charge >= 0.3 is 17.9 Å². The largest absolute Gasteiger partial charge is 0.383 e. The summed E-state index contributed by atoms with van der Waals surface area (Å²) in [4.78, 5) is 46.1. The maximum atomic E-state index is 11.6. The summed E-state index contributed by atoms with van der Waals surface area (Å²) in [5.74, 6) is -2.19. The van der Waals surface area contributed by atoms with Gasteiger partial charge in [0.15, 0.2) is 0 Å². The van der Waals surface area contributed by atoms with Gasteiger partial charge in [-0.2, -0.15) is 14.5 Å². The Hall–Kier alpha value is -1.63. The smallest absolute Gasteiger partial charge is 0.245 e. The maximum absolute atomic E-state index is 11.6. The Morgan fingerprint density at radius 1 is 0.882 bits per heavy atom. The van der Waals surface area contributed by atoms with E-state index < -0.39 is 28.3 Å². The fraction of sp³-hybridized carbons (Fsp3) is 0.700. The topological polar surface area (TPSA) is 78.9 Å². The van der Waals surface area contributed by atoms with Crippen LogP contribution in [0.15, 0.2) is 0 Å². The molecule has 0 saturated heterocycles. The molecule has 0 bridgehead atoms. The quantitative estimate of drug-likeness (QED) is 0.545. The van der Waals surface area contributed by atoms with Gasteiger partial charge in [-0.05, 0) is 20.8 Å². The minimum absolute atomic E-state index is 0.678. The summed E-state index contributed by atoms with van der Waals surface area (Å²) in [5, 5.41) is 0. The monoisotopic (exact) mass is 248 g/mol. The highest BCUT2D eigenvalue weighted by Crippen LogP contribution is 2.19. The fourth-order valence-electron chi connectivity index (χ4n) is 0.810. The molecule has 0 radical (unpaired) electrons. The van der Waals surface area contributed by atoms with E-state index in [1.165, 1.54) is 0 Å². The van der Waals surface area contributed by atoms with Crippen LogP contribution >= 0.6 is 0 Å². The molecule has 0 aliphatic heterocycles. The van der Waals surface area contributed by atoms with Crippen LogP contribution in [0.1, 0.15) is 34.6 Å². The zero-order chi connectivity index (χ0) is 13.9. The second-order valence-electron chi connectivity index (χ2n) is 4.57. The molecule has 0 aliphatic rings. The first kappa shape index (κ1) is 15.4. The molecule has 0 aliphatic carbocycles. The molecule has 0 atom stereocenters. The Balaban J connectivity index is 4.88. The number of rotatable bonds is 3. The van der Waals surface area contributed by atoms with E-state index in [1.807, 2.05) is 0 Å². The van der Waals surface area contributed by atoms with Crippen molar-refractivity contribution in [2.45, 2.75) is 34.6 Å². The average molecular weight is 248 g/mol. The van der Waals surface area contributed by atoms with Crippen molar-refractivity contribution in [2.75, 3.05) is 7.05 Å². The molecule has 7 nitrogen and oxygen atoms in total. The number of nitrogens with zero attached hydrogens (tertiary/aromatic N) is 1. The predicted octanol–water partition coefficient (Wildman–Crippen LogP) is 0.893. The third kappa shape index (κ3) is 5.86. The van der Waals surface area contributed by atoms with E-state index in [9.17, 15) is 14.4 Å². The van der Waals surface area contributed by atoms with Crippen LogP contribution < -0.4 is 0 Å². The maximum Gasteiger partial charge on any atom is 0.383 e. The summed E-state index contributed by atoms with van der Waals surface area (Å²) in [6.45, 7) is 7.04. The molecule has 0 N–H and O–H groups in total. The summed E-state index contributed by atoms with van der Waals surface area (Å²) in [6, 6.07) is 0. The van der Waals surface area contributed by atoms with E-state index >= 15 is 0 Å². The van der Waals surface area contributed by atoms with Gasteiger partial charge in [-0.1, -0.05) is 0 Å². The third-order valence-corrected chi connectivity index (χ3v) is 1.45. The van der Waals surface area contributed by atoms with Crippen LogP contribution in [-0.4, -0.2) is 29.9 Å². The highest BCUT2D eigenvalue weighted by Gasteiger charge is 2.41. The van der Waals surface area contributed by atoms with Gasteiger partial charge in [0.1, 0.15) is 0 Å². The van der Waals surface area contributed by atoms with Crippen molar-refractivity contribution in [3.8, 4) is 0 Å². The second kappa shape index (κ2) is 5.13. The Kier molecular flexibility index (Phi) is 4.64. The molecule has 0 aromatic heterocycles. The Morgan fingerprint density at radius 2 is 1.24 bits per heavy atom. The first-order chi connectivity index (χ1) is 7.46. The molecule has 0 fully saturated rings. The highest BCUT2D eigenvalue weighted by atomic mass is 17.2. The number of hydroxylamine groups is 3. The number of hydrogen-bond donors (Lipinski definition) is 0. The normalized spacial score (nSPS) is 11.6. The SMILES string of the molecule is CC(=O)O[N+](C)(OC(C)=O)OC(=O)C(C)(C)C. The van der Waals surface area contributed by atoms with Gasteiger partial charge in [0.25, 0.3) is 0 Å². The van der Waals surface area contributed by atoms with Gasteiger partial charge in [-0.25, -0.2) is 14.4 Å². The van der Waals surface area contributed by atoms with E-state index in [0.29, 0.717) is 0 Å². The number of carbonyl (C=O) groups is 3. The minimum atomic E-state index is -1.32. The molecule has 0 spiro atoms. The van der Waals surface area contributed by atoms with Crippen LogP contribution in [0.5, 0.6) is 0 Å². The van der Waals surface area contributed by atoms with Crippen LogP contribution in [0.2, 0.25) is 0 Å². The standard InChI is InChI=1S/C10H18NO6/c1-7(12)15-11(6,16-8(2)13)17-9(14)10(3,4)5/h1-6H3/q+1. The molecule has 0 saturated carbocycles. The van der Waals surface area contributed by atoms with E-state index in [2.05, 4.69) is 9.68 Å². The lowest BCUT2D eigenvalue weighted by Crippen LogP contribution is -2.49. The first-order valence-corrected chi connectivity index (χ1v) is 4.97. The van der Waals surface area contributed by atoms with Crippen molar-refractivity contribution >= 4 is 17.9 Å². The van der Waals surface area contributed by atoms with Crippen LogP contribution in [-0.2, 0) is 28.9 Å². The molecule has 0 aromatic carbocycles. The number of hydrogen-bond acceptors (Lipinski definition) is 6. The Labute approximate surface area is 99.7 Å². The highest BCUT2D eigenvalue weighted by molar-refractivity contribution is 5.74. The van der Waals surface area contributed by atoms with Crippen LogP contribution in [0, 0.1) is 5.41 Å². The van der Waals surface area contributed by atoms with E-state index in [0.717, 1.165) is 20.9 Å². The summed E-state index contributed by atoms with van der Waals surface area (Å²) >= 11 is 0. The zero-order valence-electron chi connectivity index (χ0n) is 10.9. The lowest BCUT2D eigenvalue weighted by Gasteiger charge is -2.25. The molecule has 0 unspecified atom stereocenters. The molecule has 98 valence electrons. The summed E-state index contributed by atoms with van der Waals surface area (Å²) in [5.41, 5.74) is -0.820. The van der Waals surface area contributed by atoms with Crippen molar-refractivity contribution in [1.29, 1.82) is 0 Å². The Morgan fingerprint density at radius 3 is 1.47 bits per heavy atom. The lowest BCUT2D eigenvalue weighted by atomic mass is 9.98. The van der Waals surface area contributed by atoms with Gasteiger partial charge < -0.3 is 0 Å². The predicted molar refractivity (Wildman–Crippen MR) is 55.3 cm³/mol. The van der Waals surface area contributed by atoms with Gasteiger partial charge in [0, 0.05) is 13.8 Å². The van der Waals surface area contributed by atoms with Crippen molar-refractivity contribution in [1.82, 2.24) is 0 Å². The fourth-order valence-corrected chi connectivity index (χ4v) is 0.810. The van der Waals surface area contributed by atoms with Crippen molar-refractivity contribution in [3.05, 3.63) is 0 Å². The van der Waals surface area contributed by atoms with Gasteiger partial charge in [-0.3, -0.25) is 0 Å². The zero-order valence-corrected chi connectivity index (χ0v) is 10.9. The molecular formula is C10H18NO6+. The minimum Gasteiger partial charge on any atom is -0.245 e. The van der Waals surface area contributed by atoms with Crippen LogP contribution in [0.3, 0.4) is 0 Å². The summed E-state index contributed by atoms with van der Waals surface area (Å²) < 4.78 is 0. The molecule has 0 aromatic rings. The molecule has 0 rings (SSSR count). The second-order valence-corrected chi connectivity index (χ2v) is 4.57. The molecule has 0 heterocycles. The van der Waals surface area contributed by atoms with Gasteiger partial charge in [-0.15, -0.1) is 0 Å². The molecule has 0 amide bonds. The van der Waals surface area contributed by atoms with E-state index in [-0.39, 0.29) is 0 Å². The van der Waals surface area contributed by atoms with Crippen LogP contribution in [0.4, 0.5) is 0 Å². The summed E-state index contributed by atoms with van der Waals surface area (Å²) in [6.07, 6.45) is 0. The third-order valence-electron chi connectivity index (χ3n) is 1.45. The molecular weight excluding hydrogens is 230 g/mol. The van der Waals surface area contributed by atoms with Crippen molar-refractivity contribution < 1.29 is 33.9 Å². The van der Waals surface area contributed by atoms with E-state index in [4.69, 9.17) is 4.84 Å². The Bertz CT molecular complexity index is 314. The molecule has 7 heteroatoms. The summed E-state index contributed by atoms with van der Waals surface area (Å²) in [7, 11) is 1.12. The van der Waals surface area contributed by atoms with Crippen molar-refractivity contribution in [2.24, 2.45) is 5.41 Å². The number of quaternary nitrogens is 1. The van der Waals surface area contributed by atoms with Gasteiger partial charge in [0.05, 0.1) is 5.41 Å². The first-order valence-electron chi connectivity index (χ1n) is 4.97. The number of carbonyl (C=O) groups excluding carboxylic acids is 3. The average Bonchev–Trinajstić information content (AvgIpc) is 1.96. The lowest BCUT2D eigenvalue weighted by molar-refractivity contribution is -1.33. The van der Waals surface area contributed by atoms with E-state index in [1.54, 1.807) is 20.8 Å². The van der Waals surface area contributed by atoms with Crippen LogP contribution in [0.25, 0.3) is 0 Å². The van der Waals surface area contributed by atoms with Crippen molar-refractivity contribution in [3.63, 3.8) is 0 Å². The van der Waals surface area contributed by atoms with Gasteiger partial charge in [0.2, 0.25) is 12.0 Å². The molecule has 17 heavy (non-hydrogen) atoms.